The van der Waals surface area contributed by atoms with E-state index >= 15 is 0 Å². The fraction of sp³-hybridized carbons (Fsp3) is 0.524. The molecule has 23 heteroatoms. The summed E-state index contributed by atoms with van der Waals surface area (Å²) in [6.07, 6.45) is -7.80. The minimum Gasteiger partial charge on any atom is -0.387 e. The second kappa shape index (κ2) is 12.5. The van der Waals surface area contributed by atoms with E-state index in [-0.39, 0.29) is 23.9 Å². The van der Waals surface area contributed by atoms with Crippen LogP contribution < -0.4 is 26.3 Å². The Bertz CT molecular complexity index is 1490. The number of phosphoric acid groups is 2. The summed E-state index contributed by atoms with van der Waals surface area (Å²) in [7, 11) is -10.7. The Morgan fingerprint density at radius 1 is 1.05 bits per heavy atom. The Hall–Kier alpha value is -2.88. The lowest BCUT2D eigenvalue weighted by atomic mass is 10.1. The minimum atomic E-state index is -5.36. The van der Waals surface area contributed by atoms with E-state index in [1.807, 2.05) is 0 Å². The van der Waals surface area contributed by atoms with Crippen LogP contribution in [0.15, 0.2) is 30.9 Å². The summed E-state index contributed by atoms with van der Waals surface area (Å²) in [4.78, 5) is 40.8. The third-order valence-corrected chi connectivity index (χ3v) is 9.55. The Labute approximate surface area is 247 Å². The maximum atomic E-state index is 12.4. The maximum Gasteiger partial charge on any atom is 0.481 e. The molecule has 242 valence electrons. The Morgan fingerprint density at radius 2 is 1.68 bits per heavy atom. The number of pyridine rings is 1. The summed E-state index contributed by atoms with van der Waals surface area (Å²) >= 11 is 0. The van der Waals surface area contributed by atoms with Gasteiger partial charge < -0.3 is 61.4 Å². The molecule has 0 saturated carbocycles. The van der Waals surface area contributed by atoms with Crippen molar-refractivity contribution in [2.24, 2.45) is 5.73 Å². The van der Waals surface area contributed by atoms with Crippen molar-refractivity contribution in [3.8, 4) is 0 Å². The first-order valence-electron chi connectivity index (χ1n) is 12.8. The van der Waals surface area contributed by atoms with Crippen LogP contribution in [0.5, 0.6) is 0 Å². The molecular weight excluding hydrogens is 636 g/mol. The molecule has 11 N–H and O–H groups in total. The van der Waals surface area contributed by atoms with Gasteiger partial charge in [-0.3, -0.25) is 13.8 Å². The fourth-order valence-corrected chi connectivity index (χ4v) is 6.86. The number of carbonyl (C=O) groups is 1. The number of phosphoric ester groups is 2. The van der Waals surface area contributed by atoms with Gasteiger partial charge in [0.2, 0.25) is 0 Å². The average Bonchev–Trinajstić information content (AvgIpc) is 3.61. The highest BCUT2D eigenvalue weighted by Crippen LogP contribution is 2.60. The monoisotopic (exact) mass is 666 g/mol. The number of aliphatic hydroxyl groups excluding tert-OH is 4. The molecule has 0 aliphatic carbocycles. The number of aromatic nitrogens is 3. The molecule has 3 aliphatic rings. The van der Waals surface area contributed by atoms with Crippen LogP contribution in [0.3, 0.4) is 0 Å². The summed E-state index contributed by atoms with van der Waals surface area (Å²) in [6, 6.07) is 2.84. The zero-order valence-corrected chi connectivity index (χ0v) is 24.2. The van der Waals surface area contributed by atoms with Crippen molar-refractivity contribution in [3.05, 3.63) is 36.4 Å². The average molecular weight is 666 g/mol. The number of hydrogen-bond donors (Lipinski definition) is 9. The van der Waals surface area contributed by atoms with E-state index in [9.17, 15) is 44.1 Å². The molecule has 2 fully saturated rings. The zero-order chi connectivity index (χ0) is 32.0. The van der Waals surface area contributed by atoms with Gasteiger partial charge in [0, 0.05) is 6.07 Å². The van der Waals surface area contributed by atoms with E-state index in [1.54, 1.807) is 0 Å². The second-order valence-electron chi connectivity index (χ2n) is 9.87. The second-order valence-corrected chi connectivity index (χ2v) is 12.9. The highest BCUT2D eigenvalue weighted by molar-refractivity contribution is 7.61. The summed E-state index contributed by atoms with van der Waals surface area (Å²) in [6.45, 7) is -1.69. The number of nitrogens with two attached hydrogens (primary N) is 2. The first kappa shape index (κ1) is 32.5. The third-order valence-electron chi connectivity index (χ3n) is 6.95. The summed E-state index contributed by atoms with van der Waals surface area (Å²) < 4.78 is 50.9. The number of hydrogen-bond acceptors (Lipinski definition) is 17. The molecule has 2 aromatic heterocycles. The van der Waals surface area contributed by atoms with E-state index in [0.29, 0.717) is 5.69 Å². The van der Waals surface area contributed by atoms with Crippen molar-refractivity contribution in [2.75, 3.05) is 35.8 Å². The quantitative estimate of drug-likeness (QED) is 0.0835. The minimum absolute atomic E-state index is 0.0719. The fourth-order valence-electron chi connectivity index (χ4n) is 4.77. The van der Waals surface area contributed by atoms with Gasteiger partial charge in [0.05, 0.1) is 19.9 Å². The molecule has 44 heavy (non-hydrogen) atoms. The number of nitrogen functional groups attached to an aromatic ring is 1. The number of carbonyl (C=O) groups excluding carboxylic acids is 1. The van der Waals surface area contributed by atoms with E-state index in [0.717, 1.165) is 0 Å². The van der Waals surface area contributed by atoms with E-state index < -0.39 is 83.8 Å². The topological polar surface area (TPSA) is 316 Å². The molecule has 0 spiro atoms. The predicted molar refractivity (Wildman–Crippen MR) is 142 cm³/mol. The van der Waals surface area contributed by atoms with E-state index in [1.165, 1.54) is 40.3 Å². The molecule has 5 rings (SSSR count). The lowest BCUT2D eigenvalue weighted by Crippen LogP contribution is -2.46. The molecule has 0 bridgehead atoms. The van der Waals surface area contributed by atoms with Gasteiger partial charge in [0.15, 0.2) is 36.4 Å². The van der Waals surface area contributed by atoms with Crippen LogP contribution in [0, 0.1) is 0 Å². The summed E-state index contributed by atoms with van der Waals surface area (Å²) in [5.41, 5.74) is 11.5. The van der Waals surface area contributed by atoms with Crippen molar-refractivity contribution in [1.82, 2.24) is 9.97 Å². The van der Waals surface area contributed by atoms with Crippen LogP contribution in [-0.2, 0) is 32.0 Å². The van der Waals surface area contributed by atoms with Crippen molar-refractivity contribution in [3.63, 3.8) is 0 Å². The molecule has 1 amide bonds. The smallest absolute Gasteiger partial charge is 0.387 e. The first-order valence-corrected chi connectivity index (χ1v) is 15.8. The summed E-state index contributed by atoms with van der Waals surface area (Å²) in [5.74, 6) is -0.349. The molecule has 0 radical (unpaired) electrons. The van der Waals surface area contributed by atoms with Crippen molar-refractivity contribution >= 4 is 38.9 Å². The van der Waals surface area contributed by atoms with Crippen LogP contribution >= 0.6 is 15.6 Å². The van der Waals surface area contributed by atoms with Gasteiger partial charge in [0.25, 0.3) is 12.1 Å². The number of aliphatic hydroxyl groups is 4. The van der Waals surface area contributed by atoms with Crippen LogP contribution in [0.4, 0.5) is 17.3 Å². The normalized spacial score (nSPS) is 32.5. The van der Waals surface area contributed by atoms with Gasteiger partial charge in [-0.05, 0) is 6.07 Å². The highest BCUT2D eigenvalue weighted by Gasteiger charge is 2.51. The number of amides is 1. The lowest BCUT2D eigenvalue weighted by Gasteiger charge is -2.26. The van der Waals surface area contributed by atoms with Crippen LogP contribution in [0.25, 0.3) is 0 Å². The zero-order valence-electron chi connectivity index (χ0n) is 22.4. The molecule has 2 aromatic rings. The molecular formula is C21H30N7O14P2+. The molecule has 3 aliphatic heterocycles. The number of nitrogens with zero attached hydrogens (tertiary/aromatic N) is 4. The first-order chi connectivity index (χ1) is 20.7. The standard InChI is InChI=1S/C21H29N7O14P2/c22-17-12-19(25-7-24-17)28(8-26-12)21-16(32)14(30)11(41-21)6-39-44(36,37)42-43(34,35)38-5-10-13(29)15(31)20(40-10)27-3-1-2-9(4-27)18(23)33/h1-4,7,10-11,13-16,20-21,26,29-32H,5-6,8H2,(H5-,22,23,24,25,33,34,35,36,37)/p+1/t10-,11-,13-,14-,15-,16-,20-,21-/m1/s1. The molecule has 2 unspecified atom stereocenters. The van der Waals surface area contributed by atoms with Crippen molar-refractivity contribution < 1.29 is 71.5 Å². The van der Waals surface area contributed by atoms with Crippen LogP contribution in [-0.4, -0.2) is 109 Å². The van der Waals surface area contributed by atoms with Gasteiger partial charge in [0.1, 0.15) is 48.1 Å². The third kappa shape index (κ3) is 6.70. The van der Waals surface area contributed by atoms with Gasteiger partial charge in [-0.25, -0.2) is 19.1 Å². The van der Waals surface area contributed by atoms with Crippen LogP contribution in [0.1, 0.15) is 16.6 Å². The van der Waals surface area contributed by atoms with Gasteiger partial charge in [-0.1, -0.05) is 0 Å². The Balaban J connectivity index is 1.14. The molecule has 10 atom stereocenters. The molecule has 21 nitrogen and oxygen atoms in total. The number of primary amides is 1. The molecule has 2 saturated heterocycles. The number of ether oxygens (including phenoxy) is 2. The SMILES string of the molecule is NC(=O)c1ccc[n+]([C@@H]2O[C@H](COP(=O)(O)OP(=O)(O)OC[C@H]3O[C@@H](N4CNc5c(N)ncnc54)[C@H](O)[C@@H]3O)[C@@H](O)[C@H]2O)c1. The van der Waals surface area contributed by atoms with Gasteiger partial charge in [-0.2, -0.15) is 8.88 Å². The van der Waals surface area contributed by atoms with E-state index in [4.69, 9.17) is 30.0 Å². The predicted octanol–water partition coefficient (Wildman–Crippen LogP) is -3.35. The Kier molecular flexibility index (Phi) is 9.23. The molecule has 0 aromatic carbocycles. The van der Waals surface area contributed by atoms with E-state index in [2.05, 4.69) is 19.6 Å². The van der Waals surface area contributed by atoms with Gasteiger partial charge >= 0.3 is 15.6 Å². The highest BCUT2D eigenvalue weighted by atomic mass is 31.3. The summed E-state index contributed by atoms with van der Waals surface area (Å²) in [5, 5.41) is 44.6. The lowest BCUT2D eigenvalue weighted by molar-refractivity contribution is -0.765. The maximum absolute atomic E-state index is 12.4. The van der Waals surface area contributed by atoms with Crippen LogP contribution in [0.2, 0.25) is 0 Å². The number of fused-ring (bicyclic) bond motifs is 1. The molecule has 5 heterocycles. The van der Waals surface area contributed by atoms with Crippen molar-refractivity contribution in [2.45, 2.75) is 49.1 Å². The Morgan fingerprint density at radius 3 is 2.34 bits per heavy atom. The van der Waals surface area contributed by atoms with Crippen molar-refractivity contribution in [1.29, 1.82) is 0 Å². The number of nitrogens with one attached hydrogen (secondary N) is 1. The number of rotatable bonds is 11. The van der Waals surface area contributed by atoms with Gasteiger partial charge in [-0.15, -0.1) is 0 Å². The number of anilines is 3. The largest absolute Gasteiger partial charge is 0.481 e.